The third kappa shape index (κ3) is 3.55. The topological polar surface area (TPSA) is 29.1 Å². The summed E-state index contributed by atoms with van der Waals surface area (Å²) in [6, 6.07) is 15.4. The van der Waals surface area contributed by atoms with Gasteiger partial charge in [0, 0.05) is 15.4 Å². The number of hydrogen-bond acceptors (Lipinski definition) is 3. The first-order valence-electron chi connectivity index (χ1n) is 5.83. The first-order chi connectivity index (χ1) is 9.24. The van der Waals surface area contributed by atoms with Crippen LogP contribution in [0.25, 0.3) is 0 Å². The van der Waals surface area contributed by atoms with Crippen LogP contribution in [0.2, 0.25) is 0 Å². The summed E-state index contributed by atoms with van der Waals surface area (Å²) < 4.78 is 0. The molecule has 0 radical (unpaired) electrons. The monoisotopic (exact) mass is 289 g/mol. The van der Waals surface area contributed by atoms with E-state index in [0.29, 0.717) is 5.56 Å². The summed E-state index contributed by atoms with van der Waals surface area (Å²) in [7, 11) is 0. The standard InChI is InChI=1S/C15H15NOS2/c1-18-12-7-5-6-11(10-12)15(17)16-13-8-3-4-9-14(13)19-2/h3-10H,1-2H3,(H,16,17). The number of para-hydroxylation sites is 1. The third-order valence-corrected chi connectivity index (χ3v) is 4.21. The number of anilines is 1. The second-order valence-electron chi connectivity index (χ2n) is 3.89. The normalized spacial score (nSPS) is 10.2. The Morgan fingerprint density at radius 3 is 2.53 bits per heavy atom. The van der Waals surface area contributed by atoms with E-state index in [-0.39, 0.29) is 5.91 Å². The third-order valence-electron chi connectivity index (χ3n) is 2.69. The van der Waals surface area contributed by atoms with Gasteiger partial charge in [0.1, 0.15) is 0 Å². The van der Waals surface area contributed by atoms with Crippen molar-refractivity contribution in [3.63, 3.8) is 0 Å². The van der Waals surface area contributed by atoms with Gasteiger partial charge in [0.15, 0.2) is 0 Å². The molecule has 0 heterocycles. The summed E-state index contributed by atoms with van der Waals surface area (Å²) in [6.45, 7) is 0. The Morgan fingerprint density at radius 2 is 1.79 bits per heavy atom. The number of thioether (sulfide) groups is 2. The van der Waals surface area contributed by atoms with Gasteiger partial charge in [0.2, 0.25) is 0 Å². The Kier molecular flexibility index (Phi) is 4.93. The molecule has 98 valence electrons. The van der Waals surface area contributed by atoms with E-state index in [4.69, 9.17) is 0 Å². The van der Waals surface area contributed by atoms with E-state index in [9.17, 15) is 4.79 Å². The van der Waals surface area contributed by atoms with Gasteiger partial charge in [0.25, 0.3) is 5.91 Å². The number of rotatable bonds is 4. The van der Waals surface area contributed by atoms with Crippen LogP contribution in [0, 0.1) is 0 Å². The van der Waals surface area contributed by atoms with E-state index < -0.39 is 0 Å². The second kappa shape index (κ2) is 6.68. The van der Waals surface area contributed by atoms with Crippen molar-refractivity contribution >= 4 is 35.1 Å². The highest BCUT2D eigenvalue weighted by Gasteiger charge is 2.08. The van der Waals surface area contributed by atoms with Crippen molar-refractivity contribution in [1.29, 1.82) is 0 Å². The van der Waals surface area contributed by atoms with Gasteiger partial charge in [-0.25, -0.2) is 0 Å². The molecule has 2 rings (SSSR count). The molecule has 0 aliphatic heterocycles. The minimum atomic E-state index is -0.0719. The molecule has 1 amide bonds. The first kappa shape index (κ1) is 14.0. The zero-order chi connectivity index (χ0) is 13.7. The molecular formula is C15H15NOS2. The molecular weight excluding hydrogens is 274 g/mol. The highest BCUT2D eigenvalue weighted by molar-refractivity contribution is 7.99. The number of amides is 1. The van der Waals surface area contributed by atoms with Gasteiger partial charge < -0.3 is 5.32 Å². The van der Waals surface area contributed by atoms with E-state index in [1.165, 1.54) is 0 Å². The van der Waals surface area contributed by atoms with Crippen LogP contribution in [-0.4, -0.2) is 18.4 Å². The SMILES string of the molecule is CSc1cccc(C(=O)Nc2ccccc2SC)c1. The molecule has 0 saturated carbocycles. The summed E-state index contributed by atoms with van der Waals surface area (Å²) in [5.74, 6) is -0.0719. The molecule has 2 aromatic rings. The maximum absolute atomic E-state index is 12.2. The van der Waals surface area contributed by atoms with Gasteiger partial charge in [-0.1, -0.05) is 18.2 Å². The molecule has 2 aromatic carbocycles. The van der Waals surface area contributed by atoms with E-state index in [0.717, 1.165) is 15.5 Å². The largest absolute Gasteiger partial charge is 0.321 e. The van der Waals surface area contributed by atoms with Crippen LogP contribution in [0.5, 0.6) is 0 Å². The van der Waals surface area contributed by atoms with Crippen LogP contribution in [0.15, 0.2) is 58.3 Å². The highest BCUT2D eigenvalue weighted by atomic mass is 32.2. The summed E-state index contributed by atoms with van der Waals surface area (Å²) in [5.41, 5.74) is 1.54. The van der Waals surface area contributed by atoms with Crippen molar-refractivity contribution in [3.8, 4) is 0 Å². The van der Waals surface area contributed by atoms with E-state index in [1.807, 2.05) is 61.0 Å². The smallest absolute Gasteiger partial charge is 0.255 e. The summed E-state index contributed by atoms with van der Waals surface area (Å²) in [5, 5.41) is 2.96. The number of hydrogen-bond donors (Lipinski definition) is 1. The van der Waals surface area contributed by atoms with Crippen LogP contribution in [0.4, 0.5) is 5.69 Å². The Bertz CT molecular complexity index is 584. The molecule has 0 bridgehead atoms. The Balaban J connectivity index is 2.20. The average molecular weight is 289 g/mol. The molecule has 0 aliphatic carbocycles. The van der Waals surface area contributed by atoms with Gasteiger partial charge in [-0.05, 0) is 42.8 Å². The van der Waals surface area contributed by atoms with E-state index in [2.05, 4.69) is 5.32 Å². The van der Waals surface area contributed by atoms with Crippen LogP contribution < -0.4 is 5.32 Å². The number of benzene rings is 2. The molecule has 1 N–H and O–H groups in total. The molecule has 0 aliphatic rings. The Hall–Kier alpha value is -1.39. The fraction of sp³-hybridized carbons (Fsp3) is 0.133. The lowest BCUT2D eigenvalue weighted by Crippen LogP contribution is -2.12. The molecule has 0 atom stereocenters. The molecule has 0 fully saturated rings. The van der Waals surface area contributed by atoms with Gasteiger partial charge in [-0.2, -0.15) is 0 Å². The average Bonchev–Trinajstić information content (AvgIpc) is 2.47. The van der Waals surface area contributed by atoms with Crippen molar-refractivity contribution in [2.75, 3.05) is 17.8 Å². The minimum Gasteiger partial charge on any atom is -0.321 e. The first-order valence-corrected chi connectivity index (χ1v) is 8.28. The number of carbonyl (C=O) groups excluding carboxylic acids is 1. The van der Waals surface area contributed by atoms with Gasteiger partial charge >= 0.3 is 0 Å². The molecule has 19 heavy (non-hydrogen) atoms. The van der Waals surface area contributed by atoms with Crippen molar-refractivity contribution in [2.45, 2.75) is 9.79 Å². The zero-order valence-electron chi connectivity index (χ0n) is 10.8. The summed E-state index contributed by atoms with van der Waals surface area (Å²) in [6.07, 6.45) is 4.00. The van der Waals surface area contributed by atoms with E-state index in [1.54, 1.807) is 23.5 Å². The van der Waals surface area contributed by atoms with Gasteiger partial charge in [-0.3, -0.25) is 4.79 Å². The van der Waals surface area contributed by atoms with Crippen molar-refractivity contribution in [1.82, 2.24) is 0 Å². The van der Waals surface area contributed by atoms with E-state index >= 15 is 0 Å². The Morgan fingerprint density at radius 1 is 1.00 bits per heavy atom. The predicted octanol–water partition coefficient (Wildman–Crippen LogP) is 4.38. The fourth-order valence-electron chi connectivity index (χ4n) is 1.71. The second-order valence-corrected chi connectivity index (χ2v) is 5.61. The van der Waals surface area contributed by atoms with Crippen molar-refractivity contribution in [3.05, 3.63) is 54.1 Å². The predicted molar refractivity (Wildman–Crippen MR) is 84.4 cm³/mol. The zero-order valence-corrected chi connectivity index (χ0v) is 12.5. The van der Waals surface area contributed by atoms with Gasteiger partial charge in [-0.15, -0.1) is 23.5 Å². The lowest BCUT2D eigenvalue weighted by atomic mass is 10.2. The molecule has 4 heteroatoms. The number of nitrogens with one attached hydrogen (secondary N) is 1. The molecule has 0 saturated heterocycles. The summed E-state index contributed by atoms with van der Waals surface area (Å²) in [4.78, 5) is 14.4. The highest BCUT2D eigenvalue weighted by Crippen LogP contribution is 2.25. The molecule has 2 nitrogen and oxygen atoms in total. The van der Waals surface area contributed by atoms with Crippen molar-refractivity contribution in [2.24, 2.45) is 0 Å². The quantitative estimate of drug-likeness (QED) is 0.847. The van der Waals surface area contributed by atoms with Gasteiger partial charge in [0.05, 0.1) is 5.69 Å². The molecule has 0 spiro atoms. The molecule has 0 unspecified atom stereocenters. The fourth-order valence-corrected chi connectivity index (χ4v) is 2.72. The maximum Gasteiger partial charge on any atom is 0.255 e. The van der Waals surface area contributed by atoms with Crippen LogP contribution in [0.3, 0.4) is 0 Å². The molecule has 0 aromatic heterocycles. The van der Waals surface area contributed by atoms with Crippen LogP contribution in [-0.2, 0) is 0 Å². The van der Waals surface area contributed by atoms with Crippen molar-refractivity contribution < 1.29 is 4.79 Å². The lowest BCUT2D eigenvalue weighted by Gasteiger charge is -2.09. The minimum absolute atomic E-state index is 0.0719. The number of carbonyl (C=O) groups is 1. The lowest BCUT2D eigenvalue weighted by molar-refractivity contribution is 0.102. The van der Waals surface area contributed by atoms with Crippen LogP contribution >= 0.6 is 23.5 Å². The van der Waals surface area contributed by atoms with Crippen LogP contribution in [0.1, 0.15) is 10.4 Å². The maximum atomic E-state index is 12.2. The Labute approximate surface area is 122 Å². The summed E-state index contributed by atoms with van der Waals surface area (Å²) >= 11 is 3.25.